The molecule has 2 aliphatic rings. The van der Waals surface area contributed by atoms with E-state index in [4.69, 9.17) is 4.74 Å². The summed E-state index contributed by atoms with van der Waals surface area (Å²) < 4.78 is 19.8. The summed E-state index contributed by atoms with van der Waals surface area (Å²) >= 11 is 0. The Labute approximate surface area is 154 Å². The topological polar surface area (TPSA) is 46.6 Å². The number of carbonyl (C=O) groups excluding carboxylic acids is 2. The molecule has 142 valence electrons. The number of carbonyl (C=O) groups is 2. The average Bonchev–Trinajstić information content (AvgIpc) is 2.51. The molecule has 0 radical (unpaired) electrons. The molecule has 0 saturated carbocycles. The Hall–Kier alpha value is -1.91. The lowest BCUT2D eigenvalue weighted by Gasteiger charge is -2.48. The van der Waals surface area contributed by atoms with Gasteiger partial charge in [0.15, 0.2) is 5.78 Å². The fourth-order valence-electron chi connectivity index (χ4n) is 4.25. The number of hydrogen-bond donors (Lipinski definition) is 0. The van der Waals surface area contributed by atoms with Crippen molar-refractivity contribution in [2.24, 2.45) is 5.92 Å². The van der Waals surface area contributed by atoms with Crippen LogP contribution in [0.25, 0.3) is 0 Å². The van der Waals surface area contributed by atoms with E-state index in [1.807, 2.05) is 25.7 Å². The number of ether oxygens (including phenoxy) is 1. The molecule has 1 amide bonds. The Morgan fingerprint density at radius 3 is 2.31 bits per heavy atom. The smallest absolute Gasteiger partial charge is 0.410 e. The standard InChI is InChI=1S/C21H28FNO3/c1-13-8-9-17(18(22)10-13)19(24)14-11-15-6-5-7-16(12-14)23(15)20(25)26-21(2,3)4/h8-10,14-16H,5-7,11-12H2,1-4H3. The molecule has 0 aliphatic carbocycles. The van der Waals surface area contributed by atoms with Gasteiger partial charge in [0.25, 0.3) is 0 Å². The Morgan fingerprint density at radius 1 is 1.15 bits per heavy atom. The molecule has 2 atom stereocenters. The van der Waals surface area contributed by atoms with Gasteiger partial charge in [0, 0.05) is 18.0 Å². The van der Waals surface area contributed by atoms with Gasteiger partial charge in [-0.15, -0.1) is 0 Å². The van der Waals surface area contributed by atoms with Gasteiger partial charge in [-0.05, 0) is 77.5 Å². The Balaban J connectivity index is 1.77. The molecule has 2 unspecified atom stereocenters. The van der Waals surface area contributed by atoms with E-state index in [2.05, 4.69) is 0 Å². The average molecular weight is 361 g/mol. The number of amides is 1. The molecule has 3 rings (SSSR count). The predicted molar refractivity (Wildman–Crippen MR) is 97.7 cm³/mol. The van der Waals surface area contributed by atoms with Crippen LogP contribution < -0.4 is 0 Å². The van der Waals surface area contributed by atoms with E-state index in [-0.39, 0.29) is 35.4 Å². The summed E-state index contributed by atoms with van der Waals surface area (Å²) in [6.45, 7) is 7.38. The molecule has 2 fully saturated rings. The summed E-state index contributed by atoms with van der Waals surface area (Å²) in [5.41, 5.74) is 0.434. The van der Waals surface area contributed by atoms with Crippen LogP contribution in [0.5, 0.6) is 0 Å². The summed E-state index contributed by atoms with van der Waals surface area (Å²) in [7, 11) is 0. The third-order valence-corrected chi connectivity index (χ3v) is 5.34. The number of nitrogens with zero attached hydrogens (tertiary/aromatic N) is 1. The van der Waals surface area contributed by atoms with Gasteiger partial charge in [-0.3, -0.25) is 4.79 Å². The molecule has 2 aliphatic heterocycles. The van der Waals surface area contributed by atoms with E-state index < -0.39 is 11.4 Å². The molecule has 5 heteroatoms. The van der Waals surface area contributed by atoms with Crippen molar-refractivity contribution < 1.29 is 18.7 Å². The van der Waals surface area contributed by atoms with Crippen LogP contribution in [0.3, 0.4) is 0 Å². The van der Waals surface area contributed by atoms with Crippen LogP contribution in [-0.4, -0.2) is 34.5 Å². The lowest BCUT2D eigenvalue weighted by molar-refractivity contribution is -0.0261. The van der Waals surface area contributed by atoms with Gasteiger partial charge >= 0.3 is 6.09 Å². The molecule has 0 aromatic heterocycles. The summed E-state index contributed by atoms with van der Waals surface area (Å²) in [4.78, 5) is 27.4. The molecule has 1 aromatic rings. The first-order valence-electron chi connectivity index (χ1n) is 9.47. The highest BCUT2D eigenvalue weighted by Gasteiger charge is 2.44. The van der Waals surface area contributed by atoms with Crippen molar-refractivity contribution in [1.29, 1.82) is 0 Å². The number of halogens is 1. The van der Waals surface area contributed by atoms with Crippen LogP contribution in [-0.2, 0) is 4.74 Å². The lowest BCUT2D eigenvalue weighted by Crippen LogP contribution is -2.56. The van der Waals surface area contributed by atoms with Crippen molar-refractivity contribution in [2.75, 3.05) is 0 Å². The molecular formula is C21H28FNO3. The maximum Gasteiger partial charge on any atom is 0.410 e. The number of ketones is 1. The van der Waals surface area contributed by atoms with Crippen LogP contribution in [0.4, 0.5) is 9.18 Å². The van der Waals surface area contributed by atoms with E-state index in [1.54, 1.807) is 19.1 Å². The van der Waals surface area contributed by atoms with E-state index in [1.165, 1.54) is 6.07 Å². The minimum absolute atomic E-state index is 0.000176. The van der Waals surface area contributed by atoms with Gasteiger partial charge in [0.05, 0.1) is 5.56 Å². The first-order chi connectivity index (χ1) is 12.2. The first-order valence-corrected chi connectivity index (χ1v) is 9.47. The maximum atomic E-state index is 14.2. The Bertz CT molecular complexity index is 696. The Kier molecular flexibility index (Phi) is 5.09. The largest absolute Gasteiger partial charge is 0.444 e. The number of fused-ring (bicyclic) bond motifs is 2. The number of piperidine rings is 2. The molecule has 1 aromatic carbocycles. The molecule has 2 heterocycles. The van der Waals surface area contributed by atoms with Crippen LogP contribution in [0, 0.1) is 18.7 Å². The van der Waals surface area contributed by atoms with E-state index in [0.29, 0.717) is 12.8 Å². The highest BCUT2D eigenvalue weighted by atomic mass is 19.1. The highest BCUT2D eigenvalue weighted by Crippen LogP contribution is 2.39. The van der Waals surface area contributed by atoms with Crippen LogP contribution >= 0.6 is 0 Å². The second-order valence-corrected chi connectivity index (χ2v) is 8.64. The monoisotopic (exact) mass is 361 g/mol. The van der Waals surface area contributed by atoms with Gasteiger partial charge in [-0.2, -0.15) is 0 Å². The zero-order chi connectivity index (χ0) is 19.1. The van der Waals surface area contributed by atoms with Gasteiger partial charge in [0.2, 0.25) is 0 Å². The molecule has 26 heavy (non-hydrogen) atoms. The molecule has 0 spiro atoms. The number of aryl methyl sites for hydroxylation is 1. The minimum Gasteiger partial charge on any atom is -0.444 e. The zero-order valence-corrected chi connectivity index (χ0v) is 16.0. The number of hydrogen-bond acceptors (Lipinski definition) is 3. The van der Waals surface area contributed by atoms with E-state index in [9.17, 15) is 14.0 Å². The van der Waals surface area contributed by atoms with Gasteiger partial charge in [-0.1, -0.05) is 6.07 Å². The SMILES string of the molecule is Cc1ccc(C(=O)C2CC3CCCC(C2)N3C(=O)OC(C)(C)C)c(F)c1. The van der Waals surface area contributed by atoms with Gasteiger partial charge in [-0.25, -0.2) is 9.18 Å². The third-order valence-electron chi connectivity index (χ3n) is 5.34. The minimum atomic E-state index is -0.539. The van der Waals surface area contributed by atoms with Gasteiger partial charge in [0.1, 0.15) is 11.4 Å². The third kappa shape index (κ3) is 3.92. The number of benzene rings is 1. The molecule has 0 N–H and O–H groups in total. The molecule has 2 bridgehead atoms. The lowest BCUT2D eigenvalue weighted by atomic mass is 9.75. The summed E-state index contributed by atoms with van der Waals surface area (Å²) in [5.74, 6) is -0.820. The number of rotatable bonds is 2. The van der Waals surface area contributed by atoms with Gasteiger partial charge < -0.3 is 9.64 Å². The van der Waals surface area contributed by atoms with Crippen molar-refractivity contribution in [3.05, 3.63) is 35.1 Å². The van der Waals surface area contributed by atoms with Crippen molar-refractivity contribution >= 4 is 11.9 Å². The second-order valence-electron chi connectivity index (χ2n) is 8.64. The predicted octanol–water partition coefficient (Wildman–Crippen LogP) is 4.89. The fraction of sp³-hybridized carbons (Fsp3) is 0.619. The van der Waals surface area contributed by atoms with Crippen molar-refractivity contribution in [3.8, 4) is 0 Å². The Morgan fingerprint density at radius 2 is 1.77 bits per heavy atom. The normalized spacial score (nSPS) is 25.7. The second kappa shape index (κ2) is 7.01. The van der Waals surface area contributed by atoms with Crippen LogP contribution in [0.15, 0.2) is 18.2 Å². The first kappa shape index (κ1) is 18.9. The van der Waals surface area contributed by atoms with Crippen molar-refractivity contribution in [3.63, 3.8) is 0 Å². The van der Waals surface area contributed by atoms with E-state index in [0.717, 1.165) is 24.8 Å². The molecule has 4 nitrogen and oxygen atoms in total. The van der Waals surface area contributed by atoms with E-state index >= 15 is 0 Å². The van der Waals surface area contributed by atoms with Crippen molar-refractivity contribution in [2.45, 2.75) is 77.5 Å². The highest BCUT2D eigenvalue weighted by molar-refractivity contribution is 5.98. The number of Topliss-reactive ketones (excluding diaryl/α,β-unsaturated/α-hetero) is 1. The summed E-state index contributed by atoms with van der Waals surface area (Å²) in [5, 5.41) is 0. The van der Waals surface area contributed by atoms with Crippen LogP contribution in [0.1, 0.15) is 68.8 Å². The summed E-state index contributed by atoms with van der Waals surface area (Å²) in [6, 6.07) is 4.76. The maximum absolute atomic E-state index is 14.2. The quantitative estimate of drug-likeness (QED) is 0.705. The van der Waals surface area contributed by atoms with Crippen molar-refractivity contribution in [1.82, 2.24) is 4.90 Å². The molecular weight excluding hydrogens is 333 g/mol. The zero-order valence-electron chi connectivity index (χ0n) is 16.0. The fourth-order valence-corrected chi connectivity index (χ4v) is 4.25. The summed E-state index contributed by atoms with van der Waals surface area (Å²) in [6.07, 6.45) is 3.67. The molecule has 2 saturated heterocycles. The van der Waals surface area contributed by atoms with Crippen LogP contribution in [0.2, 0.25) is 0 Å².